The Hall–Kier alpha value is -0.650. The van der Waals surface area contributed by atoms with Gasteiger partial charge in [-0.1, -0.05) is 0 Å². The van der Waals surface area contributed by atoms with Crippen LogP contribution in [-0.2, 0) is 10.0 Å². The molecule has 1 N–H and O–H groups in total. The lowest BCUT2D eigenvalue weighted by Gasteiger charge is -1.97. The van der Waals surface area contributed by atoms with Gasteiger partial charge in [0.05, 0.1) is 0 Å². The monoisotopic (exact) mass is 192 g/mol. The van der Waals surface area contributed by atoms with Crippen molar-refractivity contribution in [1.82, 2.24) is 9.23 Å². The van der Waals surface area contributed by atoms with Crippen molar-refractivity contribution in [3.63, 3.8) is 0 Å². The molecule has 11 heavy (non-hydrogen) atoms. The van der Waals surface area contributed by atoms with E-state index < -0.39 is 10.0 Å². The number of sulfonamides is 1. The summed E-state index contributed by atoms with van der Waals surface area (Å²) < 4.78 is 23.5. The molecule has 0 saturated carbocycles. The van der Waals surface area contributed by atoms with Gasteiger partial charge in [0.25, 0.3) is 10.0 Å². The van der Waals surface area contributed by atoms with Gasteiger partial charge in [-0.2, -0.15) is 0 Å². The third-order valence-corrected chi connectivity index (χ3v) is 2.72. The van der Waals surface area contributed by atoms with E-state index in [1.165, 1.54) is 24.5 Å². The van der Waals surface area contributed by atoms with E-state index in [4.69, 9.17) is 11.8 Å². The molecule has 60 valence electrons. The molecule has 0 spiro atoms. The highest BCUT2D eigenvalue weighted by molar-refractivity contribution is 7.90. The van der Waals surface area contributed by atoms with Crippen molar-refractivity contribution >= 4 is 21.8 Å². The van der Waals surface area contributed by atoms with Gasteiger partial charge in [-0.3, -0.25) is 4.98 Å². The zero-order valence-electron chi connectivity index (χ0n) is 5.36. The second-order valence-corrected chi connectivity index (χ2v) is 3.86. The van der Waals surface area contributed by atoms with Crippen molar-refractivity contribution in [3.8, 4) is 0 Å². The summed E-state index contributed by atoms with van der Waals surface area (Å²) in [6.45, 7) is 0. The maximum atomic E-state index is 10.9. The second-order valence-electron chi connectivity index (χ2n) is 1.77. The predicted octanol–water partition coefficient (Wildman–Crippen LogP) is 0.514. The Kier molecular flexibility index (Phi) is 2.43. The summed E-state index contributed by atoms with van der Waals surface area (Å²) in [5.41, 5.74) is 0. The van der Waals surface area contributed by atoms with Crippen LogP contribution in [0.1, 0.15) is 0 Å². The van der Waals surface area contributed by atoms with Gasteiger partial charge in [0, 0.05) is 12.4 Å². The molecule has 0 radical (unpaired) electrons. The molecule has 0 aliphatic rings. The third kappa shape index (κ3) is 1.89. The first-order valence-electron chi connectivity index (χ1n) is 2.69. The topological polar surface area (TPSA) is 59.1 Å². The molecule has 0 aromatic carbocycles. The number of nitrogens with zero attached hydrogens (tertiary/aromatic N) is 1. The summed E-state index contributed by atoms with van der Waals surface area (Å²) in [7, 11) is -3.55. The lowest BCUT2D eigenvalue weighted by molar-refractivity contribution is 0.593. The summed E-state index contributed by atoms with van der Waals surface area (Å²) in [4.78, 5) is 3.67. The minimum Gasteiger partial charge on any atom is -0.263 e. The van der Waals surface area contributed by atoms with Crippen LogP contribution < -0.4 is 4.24 Å². The summed E-state index contributed by atoms with van der Waals surface area (Å²) >= 11 is 4.96. The highest BCUT2D eigenvalue weighted by Gasteiger charge is 2.10. The van der Waals surface area contributed by atoms with Crippen LogP contribution in [0.25, 0.3) is 0 Å². The van der Waals surface area contributed by atoms with Crippen molar-refractivity contribution in [1.29, 1.82) is 0 Å². The van der Waals surface area contributed by atoms with Gasteiger partial charge in [-0.15, -0.1) is 4.24 Å². The quantitative estimate of drug-likeness (QED) is 0.695. The molecule has 0 aliphatic carbocycles. The first-order valence-corrected chi connectivity index (χ1v) is 4.55. The molecule has 0 amide bonds. The van der Waals surface area contributed by atoms with E-state index in [1.54, 1.807) is 4.24 Å². The Morgan fingerprint density at radius 3 is 2.73 bits per heavy atom. The van der Waals surface area contributed by atoms with Gasteiger partial charge in [-0.25, -0.2) is 8.42 Å². The number of hydrogen-bond donors (Lipinski definition) is 1. The largest absolute Gasteiger partial charge is 0.263 e. The van der Waals surface area contributed by atoms with E-state index in [-0.39, 0.29) is 4.90 Å². The van der Waals surface area contributed by atoms with Crippen LogP contribution in [0.15, 0.2) is 29.4 Å². The van der Waals surface area contributed by atoms with Crippen LogP contribution in [-0.4, -0.2) is 13.4 Å². The van der Waals surface area contributed by atoms with Gasteiger partial charge in [0.1, 0.15) is 4.90 Å². The lowest BCUT2D eigenvalue weighted by atomic mass is 10.5. The van der Waals surface area contributed by atoms with E-state index >= 15 is 0 Å². The highest BCUT2D eigenvalue weighted by Crippen LogP contribution is 2.04. The molecule has 1 aromatic heterocycles. The molecular weight excluding hydrogens is 188 g/mol. The number of hydrogen-bond acceptors (Lipinski definition) is 3. The van der Waals surface area contributed by atoms with Crippen molar-refractivity contribution in [2.24, 2.45) is 0 Å². The lowest BCUT2D eigenvalue weighted by Crippen LogP contribution is -2.13. The number of pyridine rings is 1. The Morgan fingerprint density at radius 2 is 2.27 bits per heavy atom. The van der Waals surface area contributed by atoms with Crippen LogP contribution in [0, 0.1) is 0 Å². The molecule has 1 rings (SSSR count). The van der Waals surface area contributed by atoms with Gasteiger partial charge in [0.2, 0.25) is 0 Å². The standard InChI is InChI=1S/C5H5ClN2O2S/c6-8-11(9,10)5-2-1-3-7-4-5/h1-4,8H. The fourth-order valence-electron chi connectivity index (χ4n) is 0.551. The fourth-order valence-corrected chi connectivity index (χ4v) is 1.36. The average molecular weight is 193 g/mol. The van der Waals surface area contributed by atoms with E-state index in [2.05, 4.69) is 4.98 Å². The van der Waals surface area contributed by atoms with Crippen LogP contribution in [0.2, 0.25) is 0 Å². The summed E-state index contributed by atoms with van der Waals surface area (Å²) in [5, 5.41) is 0. The molecule has 0 fully saturated rings. The highest BCUT2D eigenvalue weighted by atomic mass is 35.5. The Balaban J connectivity index is 3.14. The molecule has 0 bridgehead atoms. The van der Waals surface area contributed by atoms with Gasteiger partial charge in [0.15, 0.2) is 0 Å². The molecular formula is C5H5ClN2O2S. The second kappa shape index (κ2) is 3.17. The van der Waals surface area contributed by atoms with Gasteiger partial charge >= 0.3 is 0 Å². The molecule has 0 aliphatic heterocycles. The van der Waals surface area contributed by atoms with Crippen LogP contribution in [0.4, 0.5) is 0 Å². The Morgan fingerprint density at radius 1 is 1.55 bits per heavy atom. The number of rotatable bonds is 2. The molecule has 0 saturated heterocycles. The zero-order chi connectivity index (χ0) is 8.32. The van der Waals surface area contributed by atoms with Crippen LogP contribution in [0.3, 0.4) is 0 Å². The third-order valence-electron chi connectivity index (χ3n) is 1.05. The Bertz CT molecular complexity index is 324. The number of aromatic nitrogens is 1. The van der Waals surface area contributed by atoms with Crippen molar-refractivity contribution in [2.45, 2.75) is 4.90 Å². The first kappa shape index (κ1) is 8.45. The van der Waals surface area contributed by atoms with E-state index in [1.807, 2.05) is 0 Å². The smallest absolute Gasteiger partial charge is 0.255 e. The summed E-state index contributed by atoms with van der Waals surface area (Å²) in [6.07, 6.45) is 2.69. The van der Waals surface area contributed by atoms with E-state index in [0.717, 1.165) is 0 Å². The maximum Gasteiger partial charge on any atom is 0.255 e. The Labute approximate surface area is 69.4 Å². The predicted molar refractivity (Wildman–Crippen MR) is 40.4 cm³/mol. The van der Waals surface area contributed by atoms with Crippen LogP contribution in [0.5, 0.6) is 0 Å². The SMILES string of the molecule is O=S(=O)(NCl)c1cccnc1. The fraction of sp³-hybridized carbons (Fsp3) is 0. The van der Waals surface area contributed by atoms with Crippen LogP contribution >= 0.6 is 11.8 Å². The summed E-state index contributed by atoms with van der Waals surface area (Å²) in [5.74, 6) is 0. The molecule has 4 nitrogen and oxygen atoms in total. The van der Waals surface area contributed by atoms with Gasteiger partial charge in [-0.05, 0) is 23.9 Å². The summed E-state index contributed by atoms with van der Waals surface area (Å²) in [6, 6.07) is 2.92. The number of nitrogens with one attached hydrogen (secondary N) is 1. The molecule has 1 aromatic rings. The first-order chi connectivity index (χ1) is 5.17. The van der Waals surface area contributed by atoms with E-state index in [9.17, 15) is 8.42 Å². The van der Waals surface area contributed by atoms with Crippen molar-refractivity contribution in [2.75, 3.05) is 0 Å². The molecule has 6 heteroatoms. The average Bonchev–Trinajstić information content (AvgIpc) is 2.06. The molecule has 0 atom stereocenters. The zero-order valence-corrected chi connectivity index (χ0v) is 6.93. The van der Waals surface area contributed by atoms with Crippen molar-refractivity contribution < 1.29 is 8.42 Å². The normalized spacial score (nSPS) is 11.4. The molecule has 1 heterocycles. The van der Waals surface area contributed by atoms with Gasteiger partial charge < -0.3 is 0 Å². The minimum absolute atomic E-state index is 0.0509. The number of halogens is 1. The maximum absolute atomic E-state index is 10.9. The van der Waals surface area contributed by atoms with Crippen molar-refractivity contribution in [3.05, 3.63) is 24.5 Å². The van der Waals surface area contributed by atoms with E-state index in [0.29, 0.717) is 0 Å². The minimum atomic E-state index is -3.55. The molecule has 0 unspecified atom stereocenters.